The van der Waals surface area contributed by atoms with Crippen molar-refractivity contribution in [2.45, 2.75) is 154 Å². The van der Waals surface area contributed by atoms with Crippen molar-refractivity contribution in [3.63, 3.8) is 0 Å². The molecule has 0 bridgehead atoms. The molecule has 1 aromatic heterocycles. The van der Waals surface area contributed by atoms with Crippen LogP contribution in [-0.4, -0.2) is 117 Å². The number of anilines is 1. The van der Waals surface area contributed by atoms with Gasteiger partial charge in [0.25, 0.3) is 0 Å². The zero-order valence-corrected chi connectivity index (χ0v) is 44.7. The Kier molecular flexibility index (Phi) is 20.0. The molecule has 2 aliphatic heterocycles. The maximum absolute atomic E-state index is 12.7. The smallest absolute Gasteiger partial charge is 0.411 e. The Hall–Kier alpha value is -3.94. The lowest BCUT2D eigenvalue weighted by Gasteiger charge is -2.38. The summed E-state index contributed by atoms with van der Waals surface area (Å²) in [7, 11) is -4.33. The molecule has 1 aliphatic carbocycles. The molecular weight excluding hydrogens is 951 g/mol. The van der Waals surface area contributed by atoms with Gasteiger partial charge in [-0.15, -0.1) is 0 Å². The normalized spacial score (nSPS) is 20.2. The molecule has 3 heterocycles. The van der Waals surface area contributed by atoms with Gasteiger partial charge in [-0.2, -0.15) is 0 Å². The first-order chi connectivity index (χ1) is 30.4. The molecule has 16 nitrogen and oxygen atoms in total. The lowest BCUT2D eigenvalue weighted by Crippen LogP contribution is -2.59. The van der Waals surface area contributed by atoms with Crippen molar-refractivity contribution < 1.29 is 40.7 Å². The molecule has 3 aromatic rings. The number of halogens is 1. The summed E-state index contributed by atoms with van der Waals surface area (Å²) in [5, 5.41) is 6.18. The number of amides is 3. The van der Waals surface area contributed by atoms with Crippen molar-refractivity contribution in [3.8, 4) is 0 Å². The molecule has 2 aromatic carbocycles. The fourth-order valence-electron chi connectivity index (χ4n) is 8.17. The lowest BCUT2D eigenvalue weighted by molar-refractivity contribution is -0.130. The zero-order chi connectivity index (χ0) is 50.1. The van der Waals surface area contributed by atoms with Crippen LogP contribution in [0.15, 0.2) is 50.7 Å². The van der Waals surface area contributed by atoms with E-state index in [0.717, 1.165) is 35.1 Å². The summed E-state index contributed by atoms with van der Waals surface area (Å²) < 4.78 is 59.4. The lowest BCUT2D eigenvalue weighted by atomic mass is 9.83. The number of ether oxygens (including phenoxy) is 2. The number of nitrogens with one attached hydrogen (secondary N) is 2. The quantitative estimate of drug-likeness (QED) is 0.199. The van der Waals surface area contributed by atoms with Crippen molar-refractivity contribution in [1.82, 2.24) is 30.0 Å². The Morgan fingerprint density at radius 1 is 0.833 bits per heavy atom. The van der Waals surface area contributed by atoms with E-state index in [1.165, 1.54) is 55.4 Å². The highest BCUT2D eigenvalue weighted by Crippen LogP contribution is 2.36. The third-order valence-electron chi connectivity index (χ3n) is 11.3. The van der Waals surface area contributed by atoms with Crippen LogP contribution < -0.4 is 16.4 Å². The Bertz CT molecular complexity index is 2350. The highest BCUT2D eigenvalue weighted by molar-refractivity contribution is 9.10. The average Bonchev–Trinajstić information content (AvgIpc) is 3.58. The molecule has 66 heavy (non-hydrogen) atoms. The number of nitrogen functional groups attached to an aromatic ring is 1. The molecule has 3 aliphatic rings. The van der Waals surface area contributed by atoms with E-state index in [1.54, 1.807) is 29.2 Å². The Morgan fingerprint density at radius 3 is 1.82 bits per heavy atom. The van der Waals surface area contributed by atoms with Crippen LogP contribution in [0, 0.1) is 17.8 Å². The zero-order valence-electron chi connectivity index (χ0n) is 41.5. The van der Waals surface area contributed by atoms with Crippen LogP contribution in [0.25, 0.3) is 11.0 Å². The predicted octanol–water partition coefficient (Wildman–Crippen LogP) is 8.37. The van der Waals surface area contributed by atoms with Crippen molar-refractivity contribution in [3.05, 3.63) is 46.7 Å². The van der Waals surface area contributed by atoms with Gasteiger partial charge in [0.05, 0.1) is 26.9 Å². The molecule has 3 amide bonds. The summed E-state index contributed by atoms with van der Waals surface area (Å²) in [4.78, 5) is 45.0. The number of nitrogens with zero attached hydrogens (tertiary/aromatic N) is 4. The highest BCUT2D eigenvalue weighted by atomic mass is 79.9. The number of piperazine rings is 1. The molecule has 19 heteroatoms. The number of sulfone groups is 2. The second kappa shape index (κ2) is 23.4. The fourth-order valence-corrected chi connectivity index (χ4v) is 9.99. The van der Waals surface area contributed by atoms with E-state index in [2.05, 4.69) is 40.5 Å². The van der Waals surface area contributed by atoms with Gasteiger partial charge in [0.1, 0.15) is 23.1 Å². The Morgan fingerprint density at radius 2 is 1.35 bits per heavy atom. The third kappa shape index (κ3) is 16.1. The van der Waals surface area contributed by atoms with Gasteiger partial charge >= 0.3 is 12.2 Å². The van der Waals surface area contributed by atoms with Crippen molar-refractivity contribution in [2.24, 2.45) is 17.8 Å². The molecule has 0 spiro atoms. The van der Waals surface area contributed by atoms with Gasteiger partial charge in [-0.1, -0.05) is 53.9 Å². The number of benzene rings is 2. The number of rotatable bonds is 6. The molecular formula is C47H76BrN7O9S2. The van der Waals surface area contributed by atoms with E-state index >= 15 is 0 Å². The van der Waals surface area contributed by atoms with Gasteiger partial charge in [-0.25, -0.2) is 31.4 Å². The number of fused-ring (bicyclic) bond motifs is 3. The number of hydrogen-bond acceptors (Lipinski definition) is 12. The second-order valence-corrected chi connectivity index (χ2v) is 24.7. The molecule has 1 saturated heterocycles. The number of carbonyl (C=O) groups excluding carboxylic acids is 3. The van der Waals surface area contributed by atoms with Crippen LogP contribution in [0.1, 0.15) is 120 Å². The van der Waals surface area contributed by atoms with E-state index in [9.17, 15) is 31.2 Å². The molecule has 3 unspecified atom stereocenters. The maximum Gasteiger partial charge on any atom is 0.411 e. The topological polar surface area (TPSA) is 212 Å². The van der Waals surface area contributed by atoms with Gasteiger partial charge in [-0.3, -0.25) is 14.6 Å². The molecule has 1 saturated carbocycles. The first-order valence-electron chi connectivity index (χ1n) is 22.8. The van der Waals surface area contributed by atoms with Crippen LogP contribution in [0.5, 0.6) is 0 Å². The number of aromatic nitrogens is 2. The minimum Gasteiger partial charge on any atom is -0.444 e. The average molecular weight is 1030 g/mol. The Labute approximate surface area is 402 Å². The van der Waals surface area contributed by atoms with E-state index in [-0.39, 0.29) is 39.7 Å². The minimum atomic E-state index is -3.30. The maximum atomic E-state index is 12.7. The summed E-state index contributed by atoms with van der Waals surface area (Å²) >= 11 is 3.15. The summed E-state index contributed by atoms with van der Waals surface area (Å²) in [6.45, 7) is 23.3. The van der Waals surface area contributed by atoms with Crippen LogP contribution >= 0.6 is 15.9 Å². The number of nitrogens with two attached hydrogens (primary N) is 1. The van der Waals surface area contributed by atoms with Gasteiger partial charge in [0, 0.05) is 54.9 Å². The van der Waals surface area contributed by atoms with E-state index < -0.39 is 43.0 Å². The summed E-state index contributed by atoms with van der Waals surface area (Å²) in [5.41, 5.74) is 6.43. The number of imidazole rings is 1. The fraction of sp³-hybridized carbons (Fsp3) is 0.660. The van der Waals surface area contributed by atoms with Gasteiger partial charge < -0.3 is 30.4 Å². The summed E-state index contributed by atoms with van der Waals surface area (Å²) in [6.07, 6.45) is 8.68. The summed E-state index contributed by atoms with van der Waals surface area (Å²) in [6, 6.07) is 9.65. The van der Waals surface area contributed by atoms with E-state index in [0.29, 0.717) is 36.3 Å². The number of carbonyl (C=O) groups is 3. The predicted molar refractivity (Wildman–Crippen MR) is 265 cm³/mol. The van der Waals surface area contributed by atoms with Gasteiger partial charge in [0.2, 0.25) is 5.91 Å². The summed E-state index contributed by atoms with van der Waals surface area (Å²) in [5.74, 6) is 1.82. The van der Waals surface area contributed by atoms with E-state index in [1.807, 2.05) is 73.8 Å². The van der Waals surface area contributed by atoms with Crippen molar-refractivity contribution >= 4 is 70.4 Å². The third-order valence-corrected chi connectivity index (χ3v) is 14.2. The highest BCUT2D eigenvalue weighted by Gasteiger charge is 2.39. The SMILES string of the molecule is CC(C)C1C(=O)NCCN1C(=O)OC(C)(C)C.CC(C)C1c2nc3ccc(S(C)(=O)=O)cc3n2CCN1C(=O)OC(C)(C)C.CCC1CCCC[C@H]1NC.CS(=O)(=O)c1ccc(N)c(Br)c1. The van der Waals surface area contributed by atoms with Crippen LogP contribution in [-0.2, 0) is 40.5 Å². The standard InChI is InChI=1S/C19H27N3O4S.C12H22N2O3.C9H19N.C7H8BrNO2S/c1-12(2)16-17-20-14-8-7-13(27(6,24)25)11-15(14)21(17)9-10-22(16)18(23)26-19(3,4)5;1-8(2)9-10(15)13-6-7-14(9)11(16)17-12(3,4)5;1-3-8-6-4-5-7-9(8)10-2;1-12(10,11)5-2-3-7(9)6(8)4-5/h7-8,11-12,16H,9-10H2,1-6H3;8-9H,6-7H2,1-5H3,(H,13,15);8-10H,3-7H2,1-2H3;2-4H,9H2,1H3/t;;8?,9-;/m..1./s1. The molecule has 4 N–H and O–H groups in total. The molecule has 0 radical (unpaired) electrons. The molecule has 6 rings (SSSR count). The van der Waals surface area contributed by atoms with Crippen LogP contribution in [0.2, 0.25) is 0 Å². The van der Waals surface area contributed by atoms with E-state index in [4.69, 9.17) is 20.2 Å². The molecule has 372 valence electrons. The Balaban J connectivity index is 0.000000254. The van der Waals surface area contributed by atoms with Crippen LogP contribution in [0.4, 0.5) is 15.3 Å². The van der Waals surface area contributed by atoms with Gasteiger partial charge in [-0.05, 0) is 132 Å². The minimum absolute atomic E-state index is 0.0721. The monoisotopic (exact) mass is 1030 g/mol. The molecule has 4 atom stereocenters. The van der Waals surface area contributed by atoms with Crippen LogP contribution in [0.3, 0.4) is 0 Å². The van der Waals surface area contributed by atoms with Gasteiger partial charge in [0.15, 0.2) is 19.7 Å². The first-order valence-corrected chi connectivity index (χ1v) is 27.4. The second-order valence-electron chi connectivity index (χ2n) is 19.9. The first kappa shape index (κ1) is 56.4. The molecule has 2 fully saturated rings. The van der Waals surface area contributed by atoms with Crippen molar-refractivity contribution in [1.29, 1.82) is 0 Å². The number of hydrogen-bond donors (Lipinski definition) is 3. The largest absolute Gasteiger partial charge is 0.444 e. The van der Waals surface area contributed by atoms with Crippen molar-refractivity contribution in [2.75, 3.05) is 44.9 Å².